The minimum atomic E-state index is -0.262. The molecule has 2 fully saturated rings. The average molecular weight is 323 g/mol. The molecule has 2 aliphatic rings. The topological polar surface area (TPSA) is 54.5 Å². The minimum Gasteiger partial charge on any atom is -0.364 e. The molecule has 22 heavy (non-hydrogen) atoms. The maximum absolute atomic E-state index is 12.1. The summed E-state index contributed by atoms with van der Waals surface area (Å²) in [5.41, 5.74) is 3.05. The van der Waals surface area contributed by atoms with Crippen molar-refractivity contribution in [2.75, 3.05) is 13.1 Å². The van der Waals surface area contributed by atoms with Crippen LogP contribution in [-0.2, 0) is 16.1 Å². The summed E-state index contributed by atoms with van der Waals surface area (Å²) in [7, 11) is 0. The molecule has 3 rings (SSSR count). The Balaban J connectivity index is 1.55. The molecular formula is C16H25N3O2S. The number of carbonyl (C=O) groups excluding carboxylic acids is 1. The highest BCUT2D eigenvalue weighted by Gasteiger charge is 2.41. The largest absolute Gasteiger partial charge is 0.364 e. The van der Waals surface area contributed by atoms with Crippen LogP contribution < -0.4 is 5.32 Å². The molecule has 0 aliphatic carbocycles. The Morgan fingerprint density at radius 1 is 1.59 bits per heavy atom. The number of hydrogen-bond acceptors (Lipinski definition) is 5. The number of fused-ring (bicyclic) bond motifs is 1. The molecule has 0 aromatic carbocycles. The number of carbonyl (C=O) groups is 1. The molecule has 0 radical (unpaired) electrons. The van der Waals surface area contributed by atoms with Crippen molar-refractivity contribution in [1.82, 2.24) is 15.2 Å². The maximum Gasteiger partial charge on any atom is 0.249 e. The summed E-state index contributed by atoms with van der Waals surface area (Å²) in [6.45, 7) is 8.99. The average Bonchev–Trinajstić information content (AvgIpc) is 3.04. The zero-order chi connectivity index (χ0) is 15.7. The third-order valence-electron chi connectivity index (χ3n) is 4.57. The Morgan fingerprint density at radius 2 is 2.41 bits per heavy atom. The number of rotatable bonds is 4. The van der Waals surface area contributed by atoms with E-state index in [2.05, 4.69) is 22.1 Å². The summed E-state index contributed by atoms with van der Waals surface area (Å²) in [5, 5.41) is 2.97. The van der Waals surface area contributed by atoms with Gasteiger partial charge < -0.3 is 10.1 Å². The van der Waals surface area contributed by atoms with Gasteiger partial charge in [0.05, 0.1) is 17.3 Å². The molecule has 2 saturated heterocycles. The van der Waals surface area contributed by atoms with Crippen LogP contribution >= 0.6 is 11.3 Å². The number of nitrogens with zero attached hydrogens (tertiary/aromatic N) is 2. The first-order chi connectivity index (χ1) is 10.5. The molecule has 3 heterocycles. The molecule has 122 valence electrons. The highest BCUT2D eigenvalue weighted by Crippen LogP contribution is 2.34. The summed E-state index contributed by atoms with van der Waals surface area (Å²) < 4.78 is 6.04. The van der Waals surface area contributed by atoms with Gasteiger partial charge in [-0.3, -0.25) is 9.69 Å². The second-order valence-electron chi connectivity index (χ2n) is 6.71. The standard InChI is InChI=1S/C16H25N3O2S/c1-10(2)18-16(20)13-6-12-4-5-19(7-14(12)21-13)8-15-11(3)17-9-22-15/h9-10,12-14H,4-8H2,1-3H3,(H,18,20)/t12-,13-,14-/m0/s1. The Kier molecular flexibility index (Phi) is 4.80. The molecule has 1 N–H and O–H groups in total. The van der Waals surface area contributed by atoms with Crippen molar-refractivity contribution < 1.29 is 9.53 Å². The Labute approximate surface area is 136 Å². The van der Waals surface area contributed by atoms with Crippen molar-refractivity contribution in [3.8, 4) is 0 Å². The number of aryl methyl sites for hydroxylation is 1. The van der Waals surface area contributed by atoms with Crippen LogP contribution in [0.5, 0.6) is 0 Å². The fourth-order valence-electron chi connectivity index (χ4n) is 3.37. The molecular weight excluding hydrogens is 298 g/mol. The van der Waals surface area contributed by atoms with Crippen LogP contribution in [0.15, 0.2) is 5.51 Å². The zero-order valence-corrected chi connectivity index (χ0v) is 14.4. The van der Waals surface area contributed by atoms with Crippen molar-refractivity contribution in [1.29, 1.82) is 0 Å². The number of thiazole rings is 1. The van der Waals surface area contributed by atoms with E-state index in [0.717, 1.165) is 38.2 Å². The summed E-state index contributed by atoms with van der Waals surface area (Å²) in [6, 6.07) is 0.171. The molecule has 5 nitrogen and oxygen atoms in total. The number of piperidine rings is 1. The van der Waals surface area contributed by atoms with E-state index in [9.17, 15) is 4.79 Å². The summed E-state index contributed by atoms with van der Waals surface area (Å²) in [5.74, 6) is 0.580. The van der Waals surface area contributed by atoms with Gasteiger partial charge >= 0.3 is 0 Å². The van der Waals surface area contributed by atoms with Crippen molar-refractivity contribution >= 4 is 17.2 Å². The van der Waals surface area contributed by atoms with Crippen LogP contribution in [0.2, 0.25) is 0 Å². The molecule has 1 aromatic heterocycles. The van der Waals surface area contributed by atoms with Crippen LogP contribution in [0.4, 0.5) is 0 Å². The first kappa shape index (κ1) is 15.9. The zero-order valence-electron chi connectivity index (χ0n) is 13.5. The number of ether oxygens (including phenoxy) is 1. The van der Waals surface area contributed by atoms with Crippen LogP contribution in [0.25, 0.3) is 0 Å². The maximum atomic E-state index is 12.1. The number of hydrogen-bond donors (Lipinski definition) is 1. The van der Waals surface area contributed by atoms with Crippen molar-refractivity contribution in [2.45, 2.75) is 58.4 Å². The molecule has 2 aliphatic heterocycles. The molecule has 0 saturated carbocycles. The number of nitrogens with one attached hydrogen (secondary N) is 1. The van der Waals surface area contributed by atoms with Gasteiger partial charge in [-0.1, -0.05) is 0 Å². The van der Waals surface area contributed by atoms with Crippen molar-refractivity contribution in [3.05, 3.63) is 16.1 Å². The van der Waals surface area contributed by atoms with Crippen molar-refractivity contribution in [3.63, 3.8) is 0 Å². The lowest BCUT2D eigenvalue weighted by molar-refractivity contribution is -0.133. The van der Waals surface area contributed by atoms with Gasteiger partial charge in [-0.2, -0.15) is 0 Å². The molecule has 6 heteroatoms. The SMILES string of the molecule is Cc1ncsc1CN1CC[C@H]2C[C@@H](C(=O)NC(C)C)O[C@H]2C1. The van der Waals surface area contributed by atoms with E-state index in [1.54, 1.807) is 11.3 Å². The first-order valence-electron chi connectivity index (χ1n) is 8.10. The van der Waals surface area contributed by atoms with Crippen LogP contribution in [-0.4, -0.2) is 47.1 Å². The second kappa shape index (κ2) is 6.64. The third kappa shape index (κ3) is 3.50. The lowest BCUT2D eigenvalue weighted by Crippen LogP contribution is -2.42. The summed E-state index contributed by atoms with van der Waals surface area (Å²) >= 11 is 1.72. The molecule has 1 aromatic rings. The van der Waals surface area contributed by atoms with Crippen LogP contribution in [0.1, 0.15) is 37.3 Å². The van der Waals surface area contributed by atoms with E-state index in [1.807, 2.05) is 19.4 Å². The monoisotopic (exact) mass is 323 g/mol. The van der Waals surface area contributed by atoms with Gasteiger partial charge in [0.15, 0.2) is 0 Å². The minimum absolute atomic E-state index is 0.0502. The van der Waals surface area contributed by atoms with Gasteiger partial charge in [0, 0.05) is 24.0 Å². The van der Waals surface area contributed by atoms with Gasteiger partial charge in [-0.25, -0.2) is 4.98 Å². The summed E-state index contributed by atoms with van der Waals surface area (Å²) in [6.07, 6.45) is 1.93. The quantitative estimate of drug-likeness (QED) is 0.920. The number of aromatic nitrogens is 1. The first-order valence-corrected chi connectivity index (χ1v) is 8.98. The Bertz CT molecular complexity index is 531. The van der Waals surface area contributed by atoms with Crippen LogP contribution in [0.3, 0.4) is 0 Å². The van der Waals surface area contributed by atoms with Gasteiger partial charge in [0.25, 0.3) is 0 Å². The molecule has 3 atom stereocenters. The van der Waals surface area contributed by atoms with Gasteiger partial charge in [0.2, 0.25) is 5.91 Å². The van der Waals surface area contributed by atoms with E-state index in [-0.39, 0.29) is 24.2 Å². The predicted molar refractivity (Wildman–Crippen MR) is 86.8 cm³/mol. The lowest BCUT2D eigenvalue weighted by atomic mass is 9.91. The molecule has 0 spiro atoms. The third-order valence-corrected chi connectivity index (χ3v) is 5.49. The fourth-order valence-corrected chi connectivity index (χ4v) is 4.18. The van der Waals surface area contributed by atoms with E-state index in [1.165, 1.54) is 4.88 Å². The Hall–Kier alpha value is -0.980. The van der Waals surface area contributed by atoms with E-state index >= 15 is 0 Å². The highest BCUT2D eigenvalue weighted by molar-refractivity contribution is 7.09. The number of amides is 1. The smallest absolute Gasteiger partial charge is 0.249 e. The van der Waals surface area contributed by atoms with Crippen LogP contribution in [0, 0.1) is 12.8 Å². The normalized spacial score (nSPS) is 28.8. The highest BCUT2D eigenvalue weighted by atomic mass is 32.1. The lowest BCUT2D eigenvalue weighted by Gasteiger charge is -2.33. The number of likely N-dealkylation sites (tertiary alicyclic amines) is 1. The van der Waals surface area contributed by atoms with E-state index in [4.69, 9.17) is 4.74 Å². The second-order valence-corrected chi connectivity index (χ2v) is 7.65. The Morgan fingerprint density at radius 3 is 3.09 bits per heavy atom. The fraction of sp³-hybridized carbons (Fsp3) is 0.750. The van der Waals surface area contributed by atoms with E-state index in [0.29, 0.717) is 5.92 Å². The summed E-state index contributed by atoms with van der Waals surface area (Å²) in [4.78, 5) is 20.2. The molecule has 0 unspecified atom stereocenters. The van der Waals surface area contributed by atoms with E-state index < -0.39 is 0 Å². The van der Waals surface area contributed by atoms with Gasteiger partial charge in [-0.15, -0.1) is 11.3 Å². The predicted octanol–water partition coefficient (Wildman–Crippen LogP) is 1.96. The van der Waals surface area contributed by atoms with Crippen molar-refractivity contribution in [2.24, 2.45) is 5.92 Å². The van der Waals surface area contributed by atoms with Gasteiger partial charge in [0.1, 0.15) is 6.10 Å². The molecule has 1 amide bonds. The van der Waals surface area contributed by atoms with Gasteiger partial charge in [-0.05, 0) is 46.1 Å². The molecule has 0 bridgehead atoms.